The maximum absolute atomic E-state index is 12.0. The number of hydrogen-bond donors (Lipinski definition) is 2. The van der Waals surface area contributed by atoms with Crippen molar-refractivity contribution in [2.45, 2.75) is 31.4 Å². The van der Waals surface area contributed by atoms with E-state index in [2.05, 4.69) is 16.6 Å². The lowest BCUT2D eigenvalue weighted by molar-refractivity contribution is -0.146. The van der Waals surface area contributed by atoms with E-state index < -0.39 is 24.0 Å². The van der Waals surface area contributed by atoms with Gasteiger partial charge in [-0.25, -0.2) is 4.79 Å². The number of ether oxygens (including phenoxy) is 1. The van der Waals surface area contributed by atoms with Gasteiger partial charge in [0, 0.05) is 0 Å². The van der Waals surface area contributed by atoms with Crippen LogP contribution in [0.2, 0.25) is 0 Å². The fraction of sp³-hybridized carbons (Fsp3) is 0.375. The molecule has 0 saturated carbocycles. The van der Waals surface area contributed by atoms with Gasteiger partial charge in [0.25, 0.3) is 5.91 Å². The van der Waals surface area contributed by atoms with Crippen molar-refractivity contribution in [3.8, 4) is 0 Å². The quantitative estimate of drug-likeness (QED) is 0.434. The smallest absolute Gasteiger partial charge is 0.328 e. The first-order chi connectivity index (χ1) is 10.1. The Kier molecular flexibility index (Phi) is 7.18. The van der Waals surface area contributed by atoms with Crippen LogP contribution in [0.3, 0.4) is 0 Å². The van der Waals surface area contributed by atoms with E-state index in [9.17, 15) is 14.7 Å². The van der Waals surface area contributed by atoms with Crippen LogP contribution in [0.15, 0.2) is 43.0 Å². The molecule has 1 aromatic carbocycles. The average Bonchev–Trinajstić information content (AvgIpc) is 2.53. The summed E-state index contributed by atoms with van der Waals surface area (Å²) < 4.78 is 4.67. The van der Waals surface area contributed by atoms with Crippen molar-refractivity contribution in [1.82, 2.24) is 5.32 Å². The third kappa shape index (κ3) is 5.39. The number of rotatable bonds is 8. The number of aliphatic hydroxyl groups is 1. The lowest BCUT2D eigenvalue weighted by Gasteiger charge is -2.18. The van der Waals surface area contributed by atoms with Crippen molar-refractivity contribution >= 4 is 11.9 Å². The SMILES string of the molecule is C=CCCC[C@H](NC(=O)[C@@H](O)c1ccccc1)C(=O)OC. The van der Waals surface area contributed by atoms with Gasteiger partial charge in [0.1, 0.15) is 6.04 Å². The normalized spacial score (nSPS) is 13.0. The second-order valence-electron chi connectivity index (χ2n) is 4.62. The van der Waals surface area contributed by atoms with Crippen LogP contribution in [0.1, 0.15) is 30.9 Å². The number of unbranched alkanes of at least 4 members (excludes halogenated alkanes) is 1. The Balaban J connectivity index is 2.66. The Bertz CT molecular complexity index is 472. The summed E-state index contributed by atoms with van der Waals surface area (Å²) in [5.74, 6) is -1.14. The van der Waals surface area contributed by atoms with Gasteiger partial charge in [-0.2, -0.15) is 0 Å². The molecule has 21 heavy (non-hydrogen) atoms. The van der Waals surface area contributed by atoms with Crippen molar-refractivity contribution in [3.63, 3.8) is 0 Å². The van der Waals surface area contributed by atoms with Crippen molar-refractivity contribution in [3.05, 3.63) is 48.6 Å². The maximum Gasteiger partial charge on any atom is 0.328 e. The van der Waals surface area contributed by atoms with Gasteiger partial charge in [-0.3, -0.25) is 4.79 Å². The minimum absolute atomic E-state index is 0.436. The van der Waals surface area contributed by atoms with Crippen LogP contribution in [-0.2, 0) is 14.3 Å². The number of methoxy groups -OCH3 is 1. The second-order valence-corrected chi connectivity index (χ2v) is 4.62. The van der Waals surface area contributed by atoms with Crippen molar-refractivity contribution in [1.29, 1.82) is 0 Å². The molecule has 0 fully saturated rings. The van der Waals surface area contributed by atoms with Gasteiger partial charge in [0.15, 0.2) is 6.10 Å². The molecule has 0 heterocycles. The number of nitrogens with one attached hydrogen (secondary N) is 1. The summed E-state index contributed by atoms with van der Waals surface area (Å²) in [6, 6.07) is 7.78. The lowest BCUT2D eigenvalue weighted by Crippen LogP contribution is -2.43. The Morgan fingerprint density at radius 1 is 1.38 bits per heavy atom. The number of amides is 1. The van der Waals surface area contributed by atoms with E-state index in [0.29, 0.717) is 18.4 Å². The third-order valence-electron chi connectivity index (χ3n) is 3.07. The second kappa shape index (κ2) is 8.92. The molecule has 0 radical (unpaired) electrons. The summed E-state index contributed by atoms with van der Waals surface area (Å²) in [7, 11) is 1.27. The molecule has 5 nitrogen and oxygen atoms in total. The predicted octanol–water partition coefficient (Wildman–Crippen LogP) is 1.73. The summed E-state index contributed by atoms with van der Waals surface area (Å²) >= 11 is 0. The van der Waals surface area contributed by atoms with Crippen LogP contribution in [0.5, 0.6) is 0 Å². The highest BCUT2D eigenvalue weighted by Crippen LogP contribution is 2.13. The molecule has 0 aliphatic heterocycles. The van der Waals surface area contributed by atoms with E-state index in [0.717, 1.165) is 6.42 Å². The Hall–Kier alpha value is -2.14. The minimum Gasteiger partial charge on any atom is -0.467 e. The van der Waals surface area contributed by atoms with Crippen molar-refractivity contribution in [2.24, 2.45) is 0 Å². The molecule has 0 aromatic heterocycles. The van der Waals surface area contributed by atoms with Crippen LogP contribution in [0.4, 0.5) is 0 Å². The molecule has 2 N–H and O–H groups in total. The number of benzene rings is 1. The number of allylic oxidation sites excluding steroid dienone is 1. The summed E-state index contributed by atoms with van der Waals surface area (Å²) in [5, 5.41) is 12.5. The molecule has 1 amide bonds. The predicted molar refractivity (Wildman–Crippen MR) is 79.4 cm³/mol. The lowest BCUT2D eigenvalue weighted by atomic mass is 10.1. The number of hydrogen-bond acceptors (Lipinski definition) is 4. The fourth-order valence-corrected chi connectivity index (χ4v) is 1.89. The molecule has 0 bridgehead atoms. The number of carbonyl (C=O) groups excluding carboxylic acids is 2. The van der Waals surface area contributed by atoms with E-state index in [1.807, 2.05) is 0 Å². The van der Waals surface area contributed by atoms with Gasteiger partial charge in [0.05, 0.1) is 7.11 Å². The van der Waals surface area contributed by atoms with E-state index in [-0.39, 0.29) is 0 Å². The molecule has 5 heteroatoms. The maximum atomic E-state index is 12.0. The third-order valence-corrected chi connectivity index (χ3v) is 3.07. The fourth-order valence-electron chi connectivity index (χ4n) is 1.89. The molecule has 0 spiro atoms. The zero-order valence-corrected chi connectivity index (χ0v) is 12.1. The van der Waals surface area contributed by atoms with E-state index >= 15 is 0 Å². The average molecular weight is 291 g/mol. The molecule has 1 rings (SSSR count). The monoisotopic (exact) mass is 291 g/mol. The van der Waals surface area contributed by atoms with Gasteiger partial charge in [-0.1, -0.05) is 36.4 Å². The molecule has 114 valence electrons. The summed E-state index contributed by atoms with van der Waals surface area (Å²) in [6.45, 7) is 3.61. The highest BCUT2D eigenvalue weighted by atomic mass is 16.5. The Labute approximate surface area is 124 Å². The summed E-state index contributed by atoms with van der Waals surface area (Å²) in [5.41, 5.74) is 0.477. The zero-order chi connectivity index (χ0) is 15.7. The van der Waals surface area contributed by atoms with E-state index in [1.165, 1.54) is 7.11 Å². The first-order valence-corrected chi connectivity index (χ1v) is 6.82. The molecular formula is C16H21NO4. The molecule has 1 aromatic rings. The number of esters is 1. The standard InChI is InChI=1S/C16H21NO4/c1-3-4-6-11-13(16(20)21-2)17-15(19)14(18)12-9-7-5-8-10-12/h3,5,7-10,13-14,18H,1,4,6,11H2,2H3,(H,17,19)/t13-,14-/m0/s1. The Morgan fingerprint density at radius 3 is 2.62 bits per heavy atom. The molecule has 0 aliphatic rings. The topological polar surface area (TPSA) is 75.6 Å². The van der Waals surface area contributed by atoms with E-state index in [1.54, 1.807) is 36.4 Å². The van der Waals surface area contributed by atoms with Crippen LogP contribution >= 0.6 is 0 Å². The molecule has 0 unspecified atom stereocenters. The summed E-state index contributed by atoms with van der Waals surface area (Å²) in [4.78, 5) is 23.7. The van der Waals surface area contributed by atoms with Crippen LogP contribution in [-0.4, -0.2) is 30.1 Å². The largest absolute Gasteiger partial charge is 0.467 e. The summed E-state index contributed by atoms with van der Waals surface area (Å²) in [6.07, 6.45) is 2.31. The molecule has 2 atom stereocenters. The van der Waals surface area contributed by atoms with Crippen LogP contribution in [0, 0.1) is 0 Å². The molecule has 0 aliphatic carbocycles. The Morgan fingerprint density at radius 2 is 2.05 bits per heavy atom. The van der Waals surface area contributed by atoms with Gasteiger partial charge in [-0.05, 0) is 24.8 Å². The molecular weight excluding hydrogens is 270 g/mol. The van der Waals surface area contributed by atoms with Gasteiger partial charge in [0.2, 0.25) is 0 Å². The van der Waals surface area contributed by atoms with E-state index in [4.69, 9.17) is 0 Å². The first kappa shape index (κ1) is 16.9. The van der Waals surface area contributed by atoms with Gasteiger partial charge < -0.3 is 15.2 Å². The number of aliphatic hydroxyl groups excluding tert-OH is 1. The van der Waals surface area contributed by atoms with Gasteiger partial charge in [-0.15, -0.1) is 6.58 Å². The highest BCUT2D eigenvalue weighted by molar-refractivity contribution is 5.87. The van der Waals surface area contributed by atoms with Crippen LogP contribution < -0.4 is 5.32 Å². The first-order valence-electron chi connectivity index (χ1n) is 6.82. The molecule has 0 saturated heterocycles. The van der Waals surface area contributed by atoms with Crippen molar-refractivity contribution in [2.75, 3.05) is 7.11 Å². The highest BCUT2D eigenvalue weighted by Gasteiger charge is 2.25. The number of carbonyl (C=O) groups is 2. The van der Waals surface area contributed by atoms with Gasteiger partial charge >= 0.3 is 5.97 Å². The van der Waals surface area contributed by atoms with Crippen molar-refractivity contribution < 1.29 is 19.4 Å². The van der Waals surface area contributed by atoms with Crippen LogP contribution in [0.25, 0.3) is 0 Å². The minimum atomic E-state index is -1.31. The zero-order valence-electron chi connectivity index (χ0n) is 12.1.